The van der Waals surface area contributed by atoms with Gasteiger partial charge in [0.2, 0.25) is 0 Å². The zero-order valence-corrected chi connectivity index (χ0v) is 14.7. The van der Waals surface area contributed by atoms with Crippen molar-refractivity contribution < 1.29 is 4.74 Å². The van der Waals surface area contributed by atoms with Gasteiger partial charge < -0.3 is 10.1 Å². The fourth-order valence-corrected chi connectivity index (χ4v) is 3.55. The maximum atomic E-state index is 5.58. The second kappa shape index (κ2) is 7.25. The van der Waals surface area contributed by atoms with E-state index in [1.165, 1.54) is 11.1 Å². The molecule has 0 saturated carbocycles. The number of hydrogen-bond acceptors (Lipinski definition) is 2. The first kappa shape index (κ1) is 15.5. The lowest BCUT2D eigenvalue weighted by molar-refractivity contribution is 0.339. The lowest BCUT2D eigenvalue weighted by atomic mass is 9.99. The lowest BCUT2D eigenvalue weighted by Crippen LogP contribution is -2.17. The maximum Gasteiger partial charge on any atom is 0.119 e. The normalized spacial score (nSPS) is 12.2. The number of benzene rings is 2. The highest BCUT2D eigenvalue weighted by Crippen LogP contribution is 2.29. The summed E-state index contributed by atoms with van der Waals surface area (Å²) in [7, 11) is 1.97. The molecule has 2 rings (SSSR count). The molecule has 0 amide bonds. The molecule has 0 aliphatic rings. The van der Waals surface area contributed by atoms with Gasteiger partial charge >= 0.3 is 0 Å². The first-order chi connectivity index (χ1) is 9.63. The van der Waals surface area contributed by atoms with Crippen molar-refractivity contribution in [1.29, 1.82) is 0 Å². The van der Waals surface area contributed by atoms with Crippen LogP contribution in [-0.4, -0.2) is 13.7 Å². The minimum atomic E-state index is 0.129. The maximum absolute atomic E-state index is 5.58. The number of halogens is 2. The average Bonchev–Trinajstić information content (AvgIpc) is 2.39. The summed E-state index contributed by atoms with van der Waals surface area (Å²) >= 11 is 7.08. The van der Waals surface area contributed by atoms with E-state index in [1.807, 2.05) is 32.2 Å². The molecular formula is C16H17Br2NO. The van der Waals surface area contributed by atoms with Crippen molar-refractivity contribution >= 4 is 31.9 Å². The van der Waals surface area contributed by atoms with Crippen molar-refractivity contribution in [3.05, 3.63) is 62.5 Å². The van der Waals surface area contributed by atoms with Crippen LogP contribution in [0.2, 0.25) is 0 Å². The fourth-order valence-electron chi connectivity index (χ4n) is 2.22. The van der Waals surface area contributed by atoms with E-state index in [-0.39, 0.29) is 6.04 Å². The minimum Gasteiger partial charge on any atom is -0.494 e. The molecule has 1 N–H and O–H groups in total. The molecule has 2 aromatic carbocycles. The van der Waals surface area contributed by atoms with Gasteiger partial charge in [0.25, 0.3) is 0 Å². The Labute approximate surface area is 136 Å². The van der Waals surface area contributed by atoms with Crippen molar-refractivity contribution in [3.8, 4) is 5.75 Å². The van der Waals surface area contributed by atoms with Gasteiger partial charge in [0.15, 0.2) is 0 Å². The predicted octanol–water partition coefficient (Wildman–Crippen LogP) is 4.92. The standard InChI is InChI=1S/C16H17Br2NO/c1-3-20-15-6-4-5-11(9-15)16(19-2)12-7-13(17)10-14(18)8-12/h4-10,16,19H,3H2,1-2H3. The molecule has 0 aromatic heterocycles. The summed E-state index contributed by atoms with van der Waals surface area (Å²) in [6.45, 7) is 2.67. The molecule has 0 heterocycles. The number of ether oxygens (including phenoxy) is 1. The number of hydrogen-bond donors (Lipinski definition) is 1. The van der Waals surface area contributed by atoms with Gasteiger partial charge in [-0.05, 0) is 55.4 Å². The average molecular weight is 399 g/mol. The highest BCUT2D eigenvalue weighted by molar-refractivity contribution is 9.11. The van der Waals surface area contributed by atoms with Gasteiger partial charge in [-0.15, -0.1) is 0 Å². The van der Waals surface area contributed by atoms with Crippen LogP contribution in [-0.2, 0) is 0 Å². The summed E-state index contributed by atoms with van der Waals surface area (Å²) in [5.41, 5.74) is 2.38. The van der Waals surface area contributed by atoms with Crippen molar-refractivity contribution in [3.63, 3.8) is 0 Å². The molecule has 20 heavy (non-hydrogen) atoms. The van der Waals surface area contributed by atoms with Crippen molar-refractivity contribution in [2.75, 3.05) is 13.7 Å². The molecule has 0 fully saturated rings. The Hall–Kier alpha value is -0.840. The van der Waals surface area contributed by atoms with Crippen LogP contribution in [0.25, 0.3) is 0 Å². The predicted molar refractivity (Wildman–Crippen MR) is 90.4 cm³/mol. The molecule has 2 nitrogen and oxygen atoms in total. The summed E-state index contributed by atoms with van der Waals surface area (Å²) in [5.74, 6) is 0.902. The SMILES string of the molecule is CCOc1cccc(C(NC)c2cc(Br)cc(Br)c2)c1. The highest BCUT2D eigenvalue weighted by Gasteiger charge is 2.13. The van der Waals surface area contributed by atoms with Crippen LogP contribution in [0.1, 0.15) is 24.1 Å². The van der Waals surface area contributed by atoms with Crippen LogP contribution in [0.3, 0.4) is 0 Å². The molecule has 106 valence electrons. The molecule has 2 aromatic rings. The van der Waals surface area contributed by atoms with Crippen LogP contribution in [0.4, 0.5) is 0 Å². The molecule has 0 aliphatic carbocycles. The van der Waals surface area contributed by atoms with Crippen LogP contribution < -0.4 is 10.1 Å². The molecule has 4 heteroatoms. The second-order valence-corrected chi connectivity index (χ2v) is 6.26. The Morgan fingerprint density at radius 1 is 1.05 bits per heavy atom. The topological polar surface area (TPSA) is 21.3 Å². The molecule has 0 aliphatic heterocycles. The Morgan fingerprint density at radius 3 is 2.35 bits per heavy atom. The lowest BCUT2D eigenvalue weighted by Gasteiger charge is -2.19. The molecule has 1 unspecified atom stereocenters. The third-order valence-electron chi connectivity index (χ3n) is 3.01. The molecule has 0 spiro atoms. The molecule has 0 bridgehead atoms. The smallest absolute Gasteiger partial charge is 0.119 e. The number of nitrogens with one attached hydrogen (secondary N) is 1. The summed E-state index contributed by atoms with van der Waals surface area (Å²) < 4.78 is 7.70. The summed E-state index contributed by atoms with van der Waals surface area (Å²) in [5, 5.41) is 3.36. The van der Waals surface area contributed by atoms with E-state index in [4.69, 9.17) is 4.74 Å². The Morgan fingerprint density at radius 2 is 1.75 bits per heavy atom. The van der Waals surface area contributed by atoms with E-state index in [0.29, 0.717) is 6.61 Å². The van der Waals surface area contributed by atoms with Gasteiger partial charge in [-0.1, -0.05) is 44.0 Å². The third kappa shape index (κ3) is 3.84. The van der Waals surface area contributed by atoms with Gasteiger partial charge in [-0.2, -0.15) is 0 Å². The van der Waals surface area contributed by atoms with Crippen molar-refractivity contribution in [1.82, 2.24) is 5.32 Å². The van der Waals surface area contributed by atoms with Crippen molar-refractivity contribution in [2.24, 2.45) is 0 Å². The van der Waals surface area contributed by atoms with Gasteiger partial charge in [0.05, 0.1) is 12.6 Å². The third-order valence-corrected chi connectivity index (χ3v) is 3.92. The summed E-state index contributed by atoms with van der Waals surface area (Å²) in [6.07, 6.45) is 0. The minimum absolute atomic E-state index is 0.129. The Kier molecular flexibility index (Phi) is 5.64. The molecular weight excluding hydrogens is 382 g/mol. The van der Waals surface area contributed by atoms with Gasteiger partial charge in [-0.3, -0.25) is 0 Å². The molecule has 0 saturated heterocycles. The largest absolute Gasteiger partial charge is 0.494 e. The molecule has 1 atom stereocenters. The van der Waals surface area contributed by atoms with Gasteiger partial charge in [-0.25, -0.2) is 0 Å². The first-order valence-electron chi connectivity index (χ1n) is 6.50. The Balaban J connectivity index is 2.38. The number of rotatable bonds is 5. The second-order valence-electron chi connectivity index (χ2n) is 4.43. The van der Waals surface area contributed by atoms with Gasteiger partial charge in [0.1, 0.15) is 5.75 Å². The van der Waals surface area contributed by atoms with E-state index >= 15 is 0 Å². The van der Waals surface area contributed by atoms with E-state index in [9.17, 15) is 0 Å². The zero-order valence-electron chi connectivity index (χ0n) is 11.5. The van der Waals surface area contributed by atoms with E-state index in [0.717, 1.165) is 14.7 Å². The highest BCUT2D eigenvalue weighted by atomic mass is 79.9. The van der Waals surface area contributed by atoms with E-state index < -0.39 is 0 Å². The van der Waals surface area contributed by atoms with E-state index in [1.54, 1.807) is 0 Å². The quantitative estimate of drug-likeness (QED) is 0.771. The van der Waals surface area contributed by atoms with E-state index in [2.05, 4.69) is 61.4 Å². The summed E-state index contributed by atoms with van der Waals surface area (Å²) in [6, 6.07) is 14.6. The monoisotopic (exact) mass is 397 g/mol. The van der Waals surface area contributed by atoms with Crippen molar-refractivity contribution in [2.45, 2.75) is 13.0 Å². The van der Waals surface area contributed by atoms with Crippen LogP contribution in [0.5, 0.6) is 5.75 Å². The van der Waals surface area contributed by atoms with Crippen LogP contribution >= 0.6 is 31.9 Å². The fraction of sp³-hybridized carbons (Fsp3) is 0.250. The zero-order chi connectivity index (χ0) is 14.5. The van der Waals surface area contributed by atoms with Gasteiger partial charge in [0, 0.05) is 8.95 Å². The van der Waals surface area contributed by atoms with Crippen LogP contribution in [0, 0.1) is 0 Å². The van der Waals surface area contributed by atoms with Crippen LogP contribution in [0.15, 0.2) is 51.4 Å². The Bertz CT molecular complexity index is 566. The summed E-state index contributed by atoms with van der Waals surface area (Å²) in [4.78, 5) is 0. The first-order valence-corrected chi connectivity index (χ1v) is 8.08. The molecule has 0 radical (unpaired) electrons.